The molecule has 1 heterocycles. The third-order valence-corrected chi connectivity index (χ3v) is 3.86. The number of hydrogen-bond acceptors (Lipinski definition) is 5. The maximum atomic E-state index is 12.1. The molecule has 8 heteroatoms. The molecule has 2 N–H and O–H groups in total. The van der Waals surface area contributed by atoms with Gasteiger partial charge in [-0.2, -0.15) is 0 Å². The normalized spacial score (nSPS) is 11.8. The fraction of sp³-hybridized carbons (Fsp3) is 0.176. The van der Waals surface area contributed by atoms with Gasteiger partial charge in [0.05, 0.1) is 23.4 Å². The average Bonchev–Trinajstić information content (AvgIpc) is 3.09. The van der Waals surface area contributed by atoms with Crippen LogP contribution < -0.4 is 20.1 Å². The first kappa shape index (κ1) is 16.9. The third kappa shape index (κ3) is 3.95. The SMILES string of the molecule is COC(=O)c1ccc(Cl)c(NC(=O)NCc2ccc3c(c2)OCO3)c1. The van der Waals surface area contributed by atoms with Crippen molar-refractivity contribution in [3.8, 4) is 11.5 Å². The standard InChI is InChI=1S/C17H15ClN2O5/c1-23-16(21)11-3-4-12(18)13(7-11)20-17(22)19-8-10-2-5-14-15(6-10)25-9-24-14/h2-7H,8-9H2,1H3,(H2,19,20,22). The molecule has 0 bridgehead atoms. The van der Waals surface area contributed by atoms with E-state index < -0.39 is 12.0 Å². The summed E-state index contributed by atoms with van der Waals surface area (Å²) in [5, 5.41) is 5.62. The highest BCUT2D eigenvalue weighted by Crippen LogP contribution is 2.32. The number of ether oxygens (including phenoxy) is 3. The van der Waals surface area contributed by atoms with Crippen molar-refractivity contribution < 1.29 is 23.8 Å². The van der Waals surface area contributed by atoms with E-state index in [-0.39, 0.29) is 18.9 Å². The van der Waals surface area contributed by atoms with Crippen LogP contribution in [0.3, 0.4) is 0 Å². The lowest BCUT2D eigenvalue weighted by molar-refractivity contribution is 0.0600. The molecule has 0 unspecified atom stereocenters. The minimum Gasteiger partial charge on any atom is -0.465 e. The van der Waals surface area contributed by atoms with Crippen molar-refractivity contribution >= 4 is 29.3 Å². The summed E-state index contributed by atoms with van der Waals surface area (Å²) in [5.41, 5.74) is 1.46. The predicted molar refractivity (Wildman–Crippen MR) is 91.2 cm³/mol. The highest BCUT2D eigenvalue weighted by molar-refractivity contribution is 6.33. The minimum absolute atomic E-state index is 0.196. The molecule has 3 rings (SSSR count). The fourth-order valence-corrected chi connectivity index (χ4v) is 2.43. The first-order chi connectivity index (χ1) is 12.1. The van der Waals surface area contributed by atoms with Gasteiger partial charge in [-0.15, -0.1) is 0 Å². The van der Waals surface area contributed by atoms with Crippen LogP contribution in [-0.2, 0) is 11.3 Å². The van der Waals surface area contributed by atoms with E-state index >= 15 is 0 Å². The minimum atomic E-state index is -0.513. The van der Waals surface area contributed by atoms with E-state index in [4.69, 9.17) is 21.1 Å². The zero-order valence-electron chi connectivity index (χ0n) is 13.3. The Balaban J connectivity index is 1.62. The van der Waals surface area contributed by atoms with Gasteiger partial charge < -0.3 is 24.8 Å². The molecular formula is C17H15ClN2O5. The maximum Gasteiger partial charge on any atom is 0.337 e. The molecule has 0 spiro atoms. The lowest BCUT2D eigenvalue weighted by Crippen LogP contribution is -2.28. The number of urea groups is 1. The van der Waals surface area contributed by atoms with Gasteiger partial charge in [0.15, 0.2) is 11.5 Å². The largest absolute Gasteiger partial charge is 0.465 e. The summed E-state index contributed by atoms with van der Waals surface area (Å²) >= 11 is 6.04. The van der Waals surface area contributed by atoms with Crippen molar-refractivity contribution in [2.45, 2.75) is 6.54 Å². The van der Waals surface area contributed by atoms with E-state index in [0.717, 1.165) is 5.56 Å². The number of methoxy groups -OCH3 is 1. The predicted octanol–water partition coefficient (Wildman–Crippen LogP) is 3.18. The molecule has 25 heavy (non-hydrogen) atoms. The molecule has 0 radical (unpaired) electrons. The molecule has 0 aliphatic carbocycles. The molecule has 0 saturated heterocycles. The van der Waals surface area contributed by atoms with Gasteiger partial charge in [0.1, 0.15) is 0 Å². The van der Waals surface area contributed by atoms with Gasteiger partial charge in [-0.3, -0.25) is 0 Å². The Kier molecular flexibility index (Phi) is 4.95. The zero-order chi connectivity index (χ0) is 17.8. The van der Waals surface area contributed by atoms with E-state index in [2.05, 4.69) is 15.4 Å². The topological polar surface area (TPSA) is 85.9 Å². The van der Waals surface area contributed by atoms with Crippen LogP contribution in [0.4, 0.5) is 10.5 Å². The number of carbonyl (C=O) groups is 2. The summed E-state index contributed by atoms with van der Waals surface area (Å²) in [7, 11) is 1.28. The Morgan fingerprint density at radius 1 is 1.16 bits per heavy atom. The molecule has 2 aromatic carbocycles. The summed E-state index contributed by atoms with van der Waals surface area (Å²) in [6, 6.07) is 9.45. The van der Waals surface area contributed by atoms with E-state index in [1.54, 1.807) is 12.1 Å². The number of esters is 1. The van der Waals surface area contributed by atoms with Gasteiger partial charge in [-0.1, -0.05) is 17.7 Å². The van der Waals surface area contributed by atoms with Crippen LogP contribution in [0.15, 0.2) is 36.4 Å². The molecular weight excluding hydrogens is 348 g/mol. The Morgan fingerprint density at radius 2 is 1.96 bits per heavy atom. The van der Waals surface area contributed by atoms with E-state index in [9.17, 15) is 9.59 Å². The molecule has 0 fully saturated rings. The number of rotatable bonds is 4. The molecule has 1 aliphatic heterocycles. The molecule has 2 amide bonds. The smallest absolute Gasteiger partial charge is 0.337 e. The van der Waals surface area contributed by atoms with Gasteiger partial charge in [-0.25, -0.2) is 9.59 Å². The van der Waals surface area contributed by atoms with Gasteiger partial charge in [0.25, 0.3) is 0 Å². The lowest BCUT2D eigenvalue weighted by Gasteiger charge is -2.10. The Bertz CT molecular complexity index is 825. The molecule has 2 aromatic rings. The zero-order valence-corrected chi connectivity index (χ0v) is 14.1. The summed E-state index contributed by atoms with van der Waals surface area (Å²) in [6.45, 7) is 0.485. The highest BCUT2D eigenvalue weighted by Gasteiger charge is 2.14. The van der Waals surface area contributed by atoms with Gasteiger partial charge in [0.2, 0.25) is 6.79 Å². The lowest BCUT2D eigenvalue weighted by atomic mass is 10.2. The number of benzene rings is 2. The van der Waals surface area contributed by atoms with Crippen LogP contribution in [0, 0.1) is 0 Å². The van der Waals surface area contributed by atoms with Crippen LogP contribution in [-0.4, -0.2) is 25.9 Å². The van der Waals surface area contributed by atoms with Crippen molar-refractivity contribution in [1.29, 1.82) is 0 Å². The number of halogens is 1. The number of amides is 2. The van der Waals surface area contributed by atoms with Crippen molar-refractivity contribution in [3.05, 3.63) is 52.5 Å². The second kappa shape index (κ2) is 7.31. The van der Waals surface area contributed by atoms with Gasteiger partial charge in [-0.05, 0) is 35.9 Å². The van der Waals surface area contributed by atoms with E-state index in [0.29, 0.717) is 22.2 Å². The first-order valence-corrected chi connectivity index (χ1v) is 7.76. The van der Waals surface area contributed by atoms with Crippen LogP contribution in [0.25, 0.3) is 0 Å². The number of carbonyl (C=O) groups excluding carboxylic acids is 2. The van der Waals surface area contributed by atoms with Crippen molar-refractivity contribution in [3.63, 3.8) is 0 Å². The van der Waals surface area contributed by atoms with Gasteiger partial charge in [0, 0.05) is 6.54 Å². The van der Waals surface area contributed by atoms with E-state index in [1.807, 2.05) is 6.07 Å². The Morgan fingerprint density at radius 3 is 2.76 bits per heavy atom. The van der Waals surface area contributed by atoms with Crippen LogP contribution in [0.1, 0.15) is 15.9 Å². The number of nitrogens with one attached hydrogen (secondary N) is 2. The van der Waals surface area contributed by atoms with E-state index in [1.165, 1.54) is 25.3 Å². The quantitative estimate of drug-likeness (QED) is 0.816. The molecule has 7 nitrogen and oxygen atoms in total. The van der Waals surface area contributed by atoms with Crippen LogP contribution in [0.2, 0.25) is 5.02 Å². The summed E-state index contributed by atoms with van der Waals surface area (Å²) in [5.74, 6) is 0.814. The Labute approximate surface area is 148 Å². The summed E-state index contributed by atoms with van der Waals surface area (Å²) in [6.07, 6.45) is 0. The number of hydrogen-bond donors (Lipinski definition) is 2. The second-order valence-corrected chi connectivity index (χ2v) is 5.59. The summed E-state index contributed by atoms with van der Waals surface area (Å²) < 4.78 is 15.2. The van der Waals surface area contributed by atoms with Crippen LogP contribution >= 0.6 is 11.6 Å². The molecule has 130 valence electrons. The fourth-order valence-electron chi connectivity index (χ4n) is 2.27. The Hall–Kier alpha value is -2.93. The maximum absolute atomic E-state index is 12.1. The molecule has 0 saturated carbocycles. The second-order valence-electron chi connectivity index (χ2n) is 5.18. The van der Waals surface area contributed by atoms with Gasteiger partial charge >= 0.3 is 12.0 Å². The monoisotopic (exact) mass is 362 g/mol. The summed E-state index contributed by atoms with van der Waals surface area (Å²) in [4.78, 5) is 23.6. The van der Waals surface area contributed by atoms with Crippen molar-refractivity contribution in [2.24, 2.45) is 0 Å². The highest BCUT2D eigenvalue weighted by atomic mass is 35.5. The first-order valence-electron chi connectivity index (χ1n) is 7.38. The van der Waals surface area contributed by atoms with Crippen molar-refractivity contribution in [1.82, 2.24) is 5.32 Å². The number of fused-ring (bicyclic) bond motifs is 1. The number of anilines is 1. The molecule has 1 aliphatic rings. The molecule has 0 aromatic heterocycles. The van der Waals surface area contributed by atoms with Crippen LogP contribution in [0.5, 0.6) is 11.5 Å². The molecule has 0 atom stereocenters. The van der Waals surface area contributed by atoms with Crippen molar-refractivity contribution in [2.75, 3.05) is 19.2 Å². The average molecular weight is 363 g/mol. The third-order valence-electron chi connectivity index (χ3n) is 3.53.